The summed E-state index contributed by atoms with van der Waals surface area (Å²) in [5.74, 6) is -0.523. The first kappa shape index (κ1) is 25.4. The number of ether oxygens (including phenoxy) is 1. The highest BCUT2D eigenvalue weighted by atomic mass is 79.9. The molecule has 0 atom stereocenters. The predicted octanol–water partition coefficient (Wildman–Crippen LogP) is 6.26. The average Bonchev–Trinajstić information content (AvgIpc) is 2.94. The molecule has 0 bridgehead atoms. The van der Waals surface area contributed by atoms with Gasteiger partial charge in [0.25, 0.3) is 17.7 Å². The van der Waals surface area contributed by atoms with Gasteiger partial charge in [-0.05, 0) is 59.8 Å². The lowest BCUT2D eigenvalue weighted by Crippen LogP contribution is -2.45. The molecule has 1 aliphatic heterocycles. The van der Waals surface area contributed by atoms with E-state index in [1.807, 2.05) is 67.6 Å². The van der Waals surface area contributed by atoms with E-state index >= 15 is 0 Å². The van der Waals surface area contributed by atoms with Crippen LogP contribution in [0.4, 0.5) is 5.69 Å². The fourth-order valence-electron chi connectivity index (χ4n) is 4.69. The molecule has 5 rings (SSSR count). The second kappa shape index (κ2) is 10.6. The fourth-order valence-corrected chi connectivity index (χ4v) is 5.16. The third-order valence-corrected chi connectivity index (χ3v) is 7.29. The number of aryl methyl sites for hydroxylation is 1. The van der Waals surface area contributed by atoms with Crippen molar-refractivity contribution in [3.05, 3.63) is 112 Å². The highest BCUT2D eigenvalue weighted by Crippen LogP contribution is 2.35. The van der Waals surface area contributed by atoms with E-state index in [9.17, 15) is 14.4 Å². The molecule has 6 nitrogen and oxygen atoms in total. The Kier molecular flexibility index (Phi) is 7.11. The Balaban J connectivity index is 1.47. The highest BCUT2D eigenvalue weighted by Gasteiger charge is 2.33. The van der Waals surface area contributed by atoms with Gasteiger partial charge in [0.15, 0.2) is 0 Å². The zero-order chi connectivity index (χ0) is 26.8. The first-order valence-electron chi connectivity index (χ1n) is 12.2. The molecule has 0 unspecified atom stereocenters. The van der Waals surface area contributed by atoms with Crippen LogP contribution in [0.15, 0.2) is 89.4 Å². The number of nitrogens with zero attached hydrogens (tertiary/aromatic N) is 2. The number of hydrogen-bond acceptors (Lipinski definition) is 4. The van der Waals surface area contributed by atoms with Crippen LogP contribution in [-0.2, 0) is 4.79 Å². The van der Waals surface area contributed by atoms with E-state index in [0.717, 1.165) is 21.0 Å². The van der Waals surface area contributed by atoms with Gasteiger partial charge >= 0.3 is 0 Å². The number of rotatable bonds is 7. The van der Waals surface area contributed by atoms with Gasteiger partial charge in [0.2, 0.25) is 0 Å². The van der Waals surface area contributed by atoms with Crippen molar-refractivity contribution in [2.24, 2.45) is 0 Å². The van der Waals surface area contributed by atoms with Crippen LogP contribution < -0.4 is 9.64 Å². The van der Waals surface area contributed by atoms with E-state index in [1.165, 1.54) is 15.9 Å². The molecule has 3 amide bonds. The van der Waals surface area contributed by atoms with Crippen molar-refractivity contribution in [2.45, 2.75) is 6.92 Å². The van der Waals surface area contributed by atoms with E-state index in [0.29, 0.717) is 28.0 Å². The first-order valence-corrected chi connectivity index (χ1v) is 12.9. The molecule has 1 aliphatic rings. The molecular weight excluding hydrogens is 544 g/mol. The quantitative estimate of drug-likeness (QED) is 0.195. The smallest absolute Gasteiger partial charge is 0.261 e. The zero-order valence-electron chi connectivity index (χ0n) is 21.0. The third-order valence-electron chi connectivity index (χ3n) is 6.60. The second-order valence-electron chi connectivity index (χ2n) is 8.99. The summed E-state index contributed by atoms with van der Waals surface area (Å²) in [6, 6.07) is 24.0. The van der Waals surface area contributed by atoms with Gasteiger partial charge in [0.05, 0.1) is 12.8 Å². The number of anilines is 1. The van der Waals surface area contributed by atoms with Crippen LogP contribution >= 0.6 is 15.9 Å². The second-order valence-corrected chi connectivity index (χ2v) is 9.85. The molecule has 0 radical (unpaired) electrons. The molecule has 0 aliphatic carbocycles. The van der Waals surface area contributed by atoms with Gasteiger partial charge in [-0.1, -0.05) is 64.5 Å². The van der Waals surface area contributed by atoms with Crippen molar-refractivity contribution in [2.75, 3.05) is 25.1 Å². The van der Waals surface area contributed by atoms with Crippen molar-refractivity contribution in [3.63, 3.8) is 0 Å². The van der Waals surface area contributed by atoms with Gasteiger partial charge in [-0.25, -0.2) is 0 Å². The normalized spacial score (nSPS) is 12.9. The van der Waals surface area contributed by atoms with Gasteiger partial charge in [-0.3, -0.25) is 19.3 Å². The van der Waals surface area contributed by atoms with Crippen molar-refractivity contribution in [1.29, 1.82) is 0 Å². The Morgan fingerprint density at radius 1 is 0.947 bits per heavy atom. The van der Waals surface area contributed by atoms with Crippen LogP contribution in [0.2, 0.25) is 0 Å². The minimum atomic E-state index is -0.380. The average molecular weight is 569 g/mol. The summed E-state index contributed by atoms with van der Waals surface area (Å²) in [4.78, 5) is 43.2. The molecule has 0 N–H and O–H groups in total. The summed E-state index contributed by atoms with van der Waals surface area (Å²) in [5, 5.41) is 1.46. The van der Waals surface area contributed by atoms with Crippen molar-refractivity contribution >= 4 is 56.2 Å². The molecule has 0 aromatic heterocycles. The Labute approximate surface area is 229 Å². The van der Waals surface area contributed by atoms with Gasteiger partial charge in [-0.2, -0.15) is 0 Å². The molecule has 0 spiro atoms. The summed E-state index contributed by atoms with van der Waals surface area (Å²) in [6.07, 6.45) is 3.23. The number of imide groups is 1. The summed E-state index contributed by atoms with van der Waals surface area (Å²) in [7, 11) is 1.55. The molecule has 190 valence electrons. The van der Waals surface area contributed by atoms with E-state index < -0.39 is 0 Å². The van der Waals surface area contributed by atoms with Gasteiger partial charge < -0.3 is 9.64 Å². The molecule has 7 heteroatoms. The number of amides is 3. The lowest BCUT2D eigenvalue weighted by atomic mass is 9.94. The van der Waals surface area contributed by atoms with E-state index in [-0.39, 0.29) is 30.8 Å². The van der Waals surface area contributed by atoms with Gasteiger partial charge in [0, 0.05) is 40.2 Å². The zero-order valence-corrected chi connectivity index (χ0v) is 22.6. The summed E-state index contributed by atoms with van der Waals surface area (Å²) in [6.45, 7) is 2.05. The lowest BCUT2D eigenvalue weighted by Gasteiger charge is -2.30. The highest BCUT2D eigenvalue weighted by molar-refractivity contribution is 9.10. The number of benzene rings is 4. The molecule has 4 aromatic carbocycles. The number of halogens is 1. The molecular formula is C31H25BrN2O4. The molecule has 4 aromatic rings. The number of carbonyl (C=O) groups excluding carboxylic acids is 3. The van der Waals surface area contributed by atoms with Crippen molar-refractivity contribution in [1.82, 2.24) is 4.90 Å². The maximum absolute atomic E-state index is 13.5. The Bertz CT molecular complexity index is 1570. The van der Waals surface area contributed by atoms with Crippen LogP contribution in [0.1, 0.15) is 31.8 Å². The number of methoxy groups -OCH3 is 1. The van der Waals surface area contributed by atoms with Crippen LogP contribution in [0.5, 0.6) is 5.75 Å². The SMILES string of the molecule is COc1cc(C)ccc1N(CCN1C(=O)c2cccc3c(Br)ccc(c23)C1=O)C(=O)C=Cc1ccccc1. The van der Waals surface area contributed by atoms with Crippen molar-refractivity contribution < 1.29 is 19.1 Å². The molecule has 0 fully saturated rings. The molecule has 0 saturated heterocycles. The third kappa shape index (κ3) is 4.73. The van der Waals surface area contributed by atoms with Crippen LogP contribution in [0.3, 0.4) is 0 Å². The van der Waals surface area contributed by atoms with Crippen LogP contribution in [-0.4, -0.2) is 42.8 Å². The van der Waals surface area contributed by atoms with E-state index in [4.69, 9.17) is 4.74 Å². The van der Waals surface area contributed by atoms with E-state index in [2.05, 4.69) is 15.9 Å². The van der Waals surface area contributed by atoms with Gasteiger partial charge in [-0.15, -0.1) is 0 Å². The Morgan fingerprint density at radius 3 is 2.42 bits per heavy atom. The molecule has 38 heavy (non-hydrogen) atoms. The van der Waals surface area contributed by atoms with Crippen LogP contribution in [0.25, 0.3) is 16.8 Å². The molecule has 0 saturated carbocycles. The summed E-state index contributed by atoms with van der Waals surface area (Å²) in [5.41, 5.74) is 3.36. The topological polar surface area (TPSA) is 66.9 Å². The minimum absolute atomic E-state index is 0.0194. The number of carbonyl (C=O) groups is 3. The van der Waals surface area contributed by atoms with Gasteiger partial charge in [0.1, 0.15) is 5.75 Å². The molecule has 1 heterocycles. The predicted molar refractivity (Wildman–Crippen MR) is 153 cm³/mol. The fraction of sp³-hybridized carbons (Fsp3) is 0.129. The Hall–Kier alpha value is -4.23. The summed E-state index contributed by atoms with van der Waals surface area (Å²) >= 11 is 3.52. The Morgan fingerprint density at radius 2 is 1.68 bits per heavy atom. The monoisotopic (exact) mass is 568 g/mol. The summed E-state index contributed by atoms with van der Waals surface area (Å²) < 4.78 is 6.40. The standard InChI is InChI=1S/C31H25BrN2O4/c1-20-11-15-26(27(19-20)38-2)33(28(35)16-12-21-7-4-3-5-8-21)17-18-34-30(36)23-10-6-9-22-25(32)14-13-24(29(22)23)31(34)37/h3-16,19H,17-18H2,1-2H3. The maximum Gasteiger partial charge on any atom is 0.261 e. The lowest BCUT2D eigenvalue weighted by molar-refractivity contribution is -0.114. The largest absolute Gasteiger partial charge is 0.495 e. The maximum atomic E-state index is 13.5. The van der Waals surface area contributed by atoms with Crippen molar-refractivity contribution in [3.8, 4) is 5.75 Å². The van der Waals surface area contributed by atoms with E-state index in [1.54, 1.807) is 31.4 Å². The minimum Gasteiger partial charge on any atom is -0.495 e. The first-order chi connectivity index (χ1) is 18.4. The van der Waals surface area contributed by atoms with Crippen LogP contribution in [0, 0.1) is 6.92 Å². The number of hydrogen-bond donors (Lipinski definition) is 0.